The molecule has 0 N–H and O–H groups in total. The lowest BCUT2D eigenvalue weighted by atomic mass is 9.91. The molecule has 1 aliphatic heterocycles. The van der Waals surface area contributed by atoms with Crippen molar-refractivity contribution in [3.05, 3.63) is 0 Å². The van der Waals surface area contributed by atoms with Gasteiger partial charge in [0.1, 0.15) is 0 Å². The first kappa shape index (κ1) is 10.0. The molecule has 1 saturated carbocycles. The van der Waals surface area contributed by atoms with Gasteiger partial charge in [-0.05, 0) is 39.2 Å². The monoisotopic (exact) mass is 169 g/mol. The molecular formula is C11H23N. The fourth-order valence-corrected chi connectivity index (χ4v) is 2.22. The maximum absolute atomic E-state index is 2.71. The SMILES string of the molecule is CC.CC1CCCN1C1CCC1. The van der Waals surface area contributed by atoms with Crippen LogP contribution < -0.4 is 0 Å². The van der Waals surface area contributed by atoms with Crippen molar-refractivity contribution in [2.24, 2.45) is 0 Å². The quantitative estimate of drug-likeness (QED) is 0.583. The molecule has 1 aliphatic carbocycles. The minimum absolute atomic E-state index is 0.894. The summed E-state index contributed by atoms with van der Waals surface area (Å²) in [5.74, 6) is 0. The van der Waals surface area contributed by atoms with E-state index in [0.29, 0.717) is 0 Å². The van der Waals surface area contributed by atoms with Gasteiger partial charge < -0.3 is 0 Å². The van der Waals surface area contributed by atoms with E-state index in [4.69, 9.17) is 0 Å². The van der Waals surface area contributed by atoms with Crippen LogP contribution in [0.2, 0.25) is 0 Å². The van der Waals surface area contributed by atoms with E-state index in [1.807, 2.05) is 13.8 Å². The third kappa shape index (κ3) is 2.01. The number of hydrogen-bond donors (Lipinski definition) is 0. The van der Waals surface area contributed by atoms with E-state index in [9.17, 15) is 0 Å². The molecule has 2 rings (SSSR count). The smallest absolute Gasteiger partial charge is 0.00980 e. The highest BCUT2D eigenvalue weighted by molar-refractivity contribution is 4.86. The van der Waals surface area contributed by atoms with Gasteiger partial charge in [-0.15, -0.1) is 0 Å². The van der Waals surface area contributed by atoms with Gasteiger partial charge in [0.25, 0.3) is 0 Å². The second-order valence-electron chi connectivity index (χ2n) is 3.81. The summed E-state index contributed by atoms with van der Waals surface area (Å²) in [5.41, 5.74) is 0. The zero-order valence-electron chi connectivity index (χ0n) is 8.84. The van der Waals surface area contributed by atoms with Gasteiger partial charge in [-0.2, -0.15) is 0 Å². The number of hydrogen-bond acceptors (Lipinski definition) is 1. The van der Waals surface area contributed by atoms with Crippen LogP contribution in [0.3, 0.4) is 0 Å². The van der Waals surface area contributed by atoms with Crippen LogP contribution >= 0.6 is 0 Å². The predicted molar refractivity (Wildman–Crippen MR) is 54.4 cm³/mol. The molecule has 2 fully saturated rings. The molecule has 1 atom stereocenters. The second-order valence-corrected chi connectivity index (χ2v) is 3.81. The highest BCUT2D eigenvalue weighted by Crippen LogP contribution is 2.30. The van der Waals surface area contributed by atoms with Gasteiger partial charge in [-0.3, -0.25) is 4.90 Å². The molecule has 72 valence electrons. The van der Waals surface area contributed by atoms with E-state index >= 15 is 0 Å². The second kappa shape index (κ2) is 4.86. The van der Waals surface area contributed by atoms with E-state index in [0.717, 1.165) is 12.1 Å². The molecule has 2 aliphatic rings. The summed E-state index contributed by atoms with van der Waals surface area (Å²) in [6.45, 7) is 7.76. The molecule has 1 heteroatoms. The number of likely N-dealkylation sites (tertiary alicyclic amines) is 1. The summed E-state index contributed by atoms with van der Waals surface area (Å²) >= 11 is 0. The Labute approximate surface area is 77.1 Å². The average Bonchev–Trinajstić information content (AvgIpc) is 2.38. The first-order valence-corrected chi connectivity index (χ1v) is 5.63. The zero-order chi connectivity index (χ0) is 8.97. The van der Waals surface area contributed by atoms with E-state index in [2.05, 4.69) is 11.8 Å². The lowest BCUT2D eigenvalue weighted by Gasteiger charge is -2.37. The summed E-state index contributed by atoms with van der Waals surface area (Å²) in [4.78, 5) is 2.71. The Bertz CT molecular complexity index is 118. The molecule has 0 spiro atoms. The molecule has 1 saturated heterocycles. The minimum atomic E-state index is 0.894. The van der Waals surface area contributed by atoms with Crippen molar-refractivity contribution in [1.29, 1.82) is 0 Å². The zero-order valence-corrected chi connectivity index (χ0v) is 8.84. The van der Waals surface area contributed by atoms with Gasteiger partial charge in [-0.25, -0.2) is 0 Å². The summed E-state index contributed by atoms with van der Waals surface area (Å²) in [6, 6.07) is 1.88. The van der Waals surface area contributed by atoms with Crippen LogP contribution in [0, 0.1) is 0 Å². The maximum Gasteiger partial charge on any atom is 0.00980 e. The molecular weight excluding hydrogens is 146 g/mol. The lowest BCUT2D eigenvalue weighted by Crippen LogP contribution is -2.41. The maximum atomic E-state index is 2.71. The van der Waals surface area contributed by atoms with Crippen molar-refractivity contribution in [2.45, 2.75) is 65.0 Å². The molecule has 1 unspecified atom stereocenters. The normalized spacial score (nSPS) is 30.8. The highest BCUT2D eigenvalue weighted by atomic mass is 15.2. The van der Waals surface area contributed by atoms with Crippen molar-refractivity contribution in [3.63, 3.8) is 0 Å². The van der Waals surface area contributed by atoms with Gasteiger partial charge in [0.2, 0.25) is 0 Å². The molecule has 0 bridgehead atoms. The van der Waals surface area contributed by atoms with E-state index in [1.54, 1.807) is 0 Å². The Morgan fingerprint density at radius 3 is 2.00 bits per heavy atom. The lowest BCUT2D eigenvalue weighted by molar-refractivity contribution is 0.122. The summed E-state index contributed by atoms with van der Waals surface area (Å²) in [6.07, 6.45) is 7.32. The third-order valence-corrected chi connectivity index (χ3v) is 3.15. The Hall–Kier alpha value is -0.0400. The summed E-state index contributed by atoms with van der Waals surface area (Å²) in [7, 11) is 0. The van der Waals surface area contributed by atoms with Gasteiger partial charge in [0.15, 0.2) is 0 Å². The van der Waals surface area contributed by atoms with Crippen molar-refractivity contribution in [1.82, 2.24) is 4.90 Å². The number of rotatable bonds is 1. The van der Waals surface area contributed by atoms with Gasteiger partial charge >= 0.3 is 0 Å². The Morgan fingerprint density at radius 1 is 1.00 bits per heavy atom. The molecule has 0 aromatic rings. The van der Waals surface area contributed by atoms with Gasteiger partial charge in [0.05, 0.1) is 0 Å². The van der Waals surface area contributed by atoms with E-state index < -0.39 is 0 Å². The Morgan fingerprint density at radius 2 is 1.67 bits per heavy atom. The fraction of sp³-hybridized carbons (Fsp3) is 1.00. The summed E-state index contributed by atoms with van der Waals surface area (Å²) < 4.78 is 0. The average molecular weight is 169 g/mol. The first-order valence-electron chi connectivity index (χ1n) is 5.63. The molecule has 0 amide bonds. The minimum Gasteiger partial charge on any atom is -0.298 e. The van der Waals surface area contributed by atoms with Crippen LogP contribution in [0.5, 0.6) is 0 Å². The number of nitrogens with zero attached hydrogens (tertiary/aromatic N) is 1. The van der Waals surface area contributed by atoms with Crippen molar-refractivity contribution < 1.29 is 0 Å². The predicted octanol–water partition coefficient (Wildman–Crippen LogP) is 3.05. The van der Waals surface area contributed by atoms with Gasteiger partial charge in [0, 0.05) is 12.1 Å². The largest absolute Gasteiger partial charge is 0.298 e. The van der Waals surface area contributed by atoms with Crippen molar-refractivity contribution in [2.75, 3.05) is 6.54 Å². The third-order valence-electron chi connectivity index (χ3n) is 3.15. The standard InChI is InChI=1S/C9H17N.C2H6/c1-8-4-3-7-10(8)9-5-2-6-9;1-2/h8-9H,2-7H2,1H3;1-2H3. The summed E-state index contributed by atoms with van der Waals surface area (Å²) in [5, 5.41) is 0. The van der Waals surface area contributed by atoms with Crippen LogP contribution in [0.1, 0.15) is 52.9 Å². The van der Waals surface area contributed by atoms with Crippen molar-refractivity contribution >= 4 is 0 Å². The van der Waals surface area contributed by atoms with Crippen LogP contribution in [-0.2, 0) is 0 Å². The highest BCUT2D eigenvalue weighted by Gasteiger charge is 2.30. The topological polar surface area (TPSA) is 3.24 Å². The van der Waals surface area contributed by atoms with Gasteiger partial charge in [-0.1, -0.05) is 20.3 Å². The molecule has 0 aromatic carbocycles. The van der Waals surface area contributed by atoms with Crippen LogP contribution in [0.25, 0.3) is 0 Å². The molecule has 0 radical (unpaired) electrons. The molecule has 1 nitrogen and oxygen atoms in total. The van der Waals surface area contributed by atoms with E-state index in [1.165, 1.54) is 38.6 Å². The van der Waals surface area contributed by atoms with Crippen LogP contribution in [-0.4, -0.2) is 23.5 Å². The molecule has 12 heavy (non-hydrogen) atoms. The van der Waals surface area contributed by atoms with Crippen molar-refractivity contribution in [3.8, 4) is 0 Å². The Balaban J connectivity index is 0.000000336. The molecule has 0 aromatic heterocycles. The molecule has 1 heterocycles. The van der Waals surface area contributed by atoms with Crippen LogP contribution in [0.15, 0.2) is 0 Å². The Kier molecular flexibility index (Phi) is 4.07. The van der Waals surface area contributed by atoms with Crippen LogP contribution in [0.4, 0.5) is 0 Å². The fourth-order valence-electron chi connectivity index (χ4n) is 2.22. The van der Waals surface area contributed by atoms with E-state index in [-0.39, 0.29) is 0 Å². The first-order chi connectivity index (χ1) is 5.88.